The van der Waals surface area contributed by atoms with Crippen molar-refractivity contribution in [1.29, 1.82) is 0 Å². The number of aromatic nitrogens is 4. The van der Waals surface area contributed by atoms with E-state index in [-0.39, 0.29) is 5.82 Å². The molecule has 12 heteroatoms. The van der Waals surface area contributed by atoms with E-state index in [4.69, 9.17) is 19.7 Å². The van der Waals surface area contributed by atoms with Crippen molar-refractivity contribution in [3.05, 3.63) is 12.7 Å². The summed E-state index contributed by atoms with van der Waals surface area (Å²) < 4.78 is 34.8. The van der Waals surface area contributed by atoms with Gasteiger partial charge in [-0.25, -0.2) is 19.5 Å². The Kier molecular flexibility index (Phi) is 5.05. The number of hydrogen-bond acceptors (Lipinski definition) is 9. The fourth-order valence-electron chi connectivity index (χ4n) is 2.89. The third-order valence-corrected chi connectivity index (χ3v) is 5.08. The second-order valence-electron chi connectivity index (χ2n) is 5.48. The number of fused-ring (bicyclic) bond motifs is 1. The molecule has 1 saturated heterocycles. The van der Waals surface area contributed by atoms with Crippen LogP contribution in [-0.4, -0.2) is 56.9 Å². The molecule has 1 aliphatic rings. The molecule has 2 aromatic rings. The highest BCUT2D eigenvalue weighted by molar-refractivity contribution is 7.47. The minimum Gasteiger partial charge on any atom is -0.382 e. The van der Waals surface area contributed by atoms with Crippen molar-refractivity contribution in [3.63, 3.8) is 0 Å². The van der Waals surface area contributed by atoms with Gasteiger partial charge in [-0.1, -0.05) is 6.92 Å². The highest BCUT2D eigenvalue weighted by Gasteiger charge is 2.49. The number of nitrogens with zero attached hydrogens (tertiary/aromatic N) is 4. The van der Waals surface area contributed by atoms with Crippen molar-refractivity contribution in [2.24, 2.45) is 0 Å². The second kappa shape index (κ2) is 6.94. The van der Waals surface area contributed by atoms with Crippen LogP contribution in [0.5, 0.6) is 0 Å². The van der Waals surface area contributed by atoms with Gasteiger partial charge >= 0.3 is 7.82 Å². The lowest BCUT2D eigenvalue weighted by Crippen LogP contribution is -2.35. The predicted molar refractivity (Wildman–Crippen MR) is 86.4 cm³/mol. The van der Waals surface area contributed by atoms with E-state index in [9.17, 15) is 9.46 Å². The molecule has 3 N–H and O–H groups in total. The van der Waals surface area contributed by atoms with Gasteiger partial charge in [0.15, 0.2) is 17.7 Å². The number of anilines is 1. The fourth-order valence-corrected chi connectivity index (χ4v) is 3.54. The van der Waals surface area contributed by atoms with Gasteiger partial charge in [0, 0.05) is 14.2 Å². The van der Waals surface area contributed by atoms with Crippen LogP contribution in [0, 0.1) is 0 Å². The van der Waals surface area contributed by atoms with Crippen molar-refractivity contribution in [3.8, 4) is 0 Å². The molecular formula is C13H20N5O6P. The topological polar surface area (TPSA) is 144 Å². The Hall–Kier alpha value is -1.62. The maximum Gasteiger partial charge on any atom is 0.472 e. The van der Waals surface area contributed by atoms with Gasteiger partial charge in [-0.2, -0.15) is 0 Å². The molecule has 0 aliphatic carbocycles. The van der Waals surface area contributed by atoms with Gasteiger partial charge in [-0.05, 0) is 6.42 Å². The zero-order valence-electron chi connectivity index (χ0n) is 14.0. The van der Waals surface area contributed by atoms with Crippen LogP contribution < -0.4 is 5.73 Å². The number of phosphoric acid groups is 1. The molecule has 3 rings (SSSR count). The third kappa shape index (κ3) is 3.26. The molecule has 0 aromatic carbocycles. The summed E-state index contributed by atoms with van der Waals surface area (Å²) in [6.45, 7) is 1.87. The van der Waals surface area contributed by atoms with E-state index < -0.39 is 32.4 Å². The lowest BCUT2D eigenvalue weighted by molar-refractivity contribution is -0.0497. The number of nitrogen functional groups attached to an aromatic ring is 1. The standard InChI is InChI=1S/C13H20N5O6P/c1-4-7-9(24-25(19,20)22-3)10(21-2)13(23-7)18-6-17-8-11(14)15-5-16-12(8)18/h5-7,9-10,13H,4H2,1-3H3,(H,19,20)(H2,14,15,16)/t7-,9?,10?,13-/m1/s1. The minimum absolute atomic E-state index is 0.245. The highest BCUT2D eigenvalue weighted by Crippen LogP contribution is 2.48. The second-order valence-corrected chi connectivity index (χ2v) is 6.99. The van der Waals surface area contributed by atoms with Gasteiger partial charge in [0.05, 0.1) is 12.4 Å². The number of hydrogen-bond donors (Lipinski definition) is 2. The Bertz CT molecular complexity index is 800. The SMILES string of the molecule is CC[C@H]1O[C@@H](n2cnc3c(N)ncnc32)C(OC)C1OP(=O)(O)OC. The normalized spacial score (nSPS) is 29.1. The maximum absolute atomic E-state index is 11.9. The molecule has 0 amide bonds. The van der Waals surface area contributed by atoms with Gasteiger partial charge in [0.1, 0.15) is 24.1 Å². The molecule has 3 unspecified atom stereocenters. The zero-order valence-corrected chi connectivity index (χ0v) is 14.9. The van der Waals surface area contributed by atoms with E-state index in [1.165, 1.54) is 19.8 Å². The molecule has 5 atom stereocenters. The van der Waals surface area contributed by atoms with Gasteiger partial charge in [-0.3, -0.25) is 13.6 Å². The molecule has 0 bridgehead atoms. The van der Waals surface area contributed by atoms with Crippen molar-refractivity contribution < 1.29 is 28.0 Å². The van der Waals surface area contributed by atoms with E-state index in [0.29, 0.717) is 17.6 Å². The van der Waals surface area contributed by atoms with Crippen LogP contribution in [-0.2, 0) is 23.1 Å². The molecule has 11 nitrogen and oxygen atoms in total. The van der Waals surface area contributed by atoms with Crippen LogP contribution in [0.4, 0.5) is 5.82 Å². The van der Waals surface area contributed by atoms with E-state index >= 15 is 0 Å². The van der Waals surface area contributed by atoms with Crippen molar-refractivity contribution in [1.82, 2.24) is 19.5 Å². The average molecular weight is 373 g/mol. The molecule has 138 valence electrons. The van der Waals surface area contributed by atoms with Gasteiger partial charge in [0.2, 0.25) is 0 Å². The monoisotopic (exact) mass is 373 g/mol. The predicted octanol–water partition coefficient (Wildman–Crippen LogP) is 0.863. The Balaban J connectivity index is 1.98. The van der Waals surface area contributed by atoms with Crippen LogP contribution in [0.3, 0.4) is 0 Å². The number of ether oxygens (including phenoxy) is 2. The summed E-state index contributed by atoms with van der Waals surface area (Å²) in [6.07, 6.45) is 0.718. The first-order chi connectivity index (χ1) is 11.9. The zero-order chi connectivity index (χ0) is 18.2. The summed E-state index contributed by atoms with van der Waals surface area (Å²) in [5.41, 5.74) is 6.71. The largest absolute Gasteiger partial charge is 0.472 e. The van der Waals surface area contributed by atoms with Crippen LogP contribution in [0.25, 0.3) is 11.2 Å². The van der Waals surface area contributed by atoms with Crippen molar-refractivity contribution in [2.45, 2.75) is 37.9 Å². The van der Waals surface area contributed by atoms with E-state index in [1.54, 1.807) is 4.57 Å². The molecule has 3 heterocycles. The fraction of sp³-hybridized carbons (Fsp3) is 0.615. The first-order valence-corrected chi connectivity index (χ1v) is 9.09. The van der Waals surface area contributed by atoms with Gasteiger partial charge in [-0.15, -0.1) is 0 Å². The summed E-state index contributed by atoms with van der Waals surface area (Å²) in [5.74, 6) is 0.245. The third-order valence-electron chi connectivity index (χ3n) is 4.11. The van der Waals surface area contributed by atoms with Crippen molar-refractivity contribution >= 4 is 24.8 Å². The van der Waals surface area contributed by atoms with Crippen LogP contribution >= 0.6 is 7.82 Å². The molecule has 2 aromatic heterocycles. The molecule has 1 fully saturated rings. The van der Waals surface area contributed by atoms with E-state index in [0.717, 1.165) is 7.11 Å². The summed E-state index contributed by atoms with van der Waals surface area (Å²) in [7, 11) is -1.65. The molecule has 0 saturated carbocycles. The lowest BCUT2D eigenvalue weighted by Gasteiger charge is -2.24. The minimum atomic E-state index is -4.21. The maximum atomic E-state index is 11.9. The van der Waals surface area contributed by atoms with Gasteiger partial charge in [0.25, 0.3) is 0 Å². The molecule has 1 aliphatic heterocycles. The van der Waals surface area contributed by atoms with E-state index in [1.807, 2.05) is 6.92 Å². The Morgan fingerprint density at radius 3 is 2.76 bits per heavy atom. The molecule has 25 heavy (non-hydrogen) atoms. The quantitative estimate of drug-likeness (QED) is 0.700. The first-order valence-electron chi connectivity index (χ1n) is 7.60. The lowest BCUT2D eigenvalue weighted by atomic mass is 10.1. The van der Waals surface area contributed by atoms with Crippen molar-refractivity contribution in [2.75, 3.05) is 20.0 Å². The van der Waals surface area contributed by atoms with Crippen LogP contribution in [0.2, 0.25) is 0 Å². The summed E-state index contributed by atoms with van der Waals surface area (Å²) in [4.78, 5) is 22.0. The first kappa shape index (κ1) is 18.2. The average Bonchev–Trinajstić information content (AvgIpc) is 3.16. The number of methoxy groups -OCH3 is 1. The Morgan fingerprint density at radius 2 is 2.12 bits per heavy atom. The smallest absolute Gasteiger partial charge is 0.382 e. The number of nitrogens with two attached hydrogens (primary N) is 1. The Morgan fingerprint density at radius 1 is 1.36 bits per heavy atom. The van der Waals surface area contributed by atoms with Crippen LogP contribution in [0.15, 0.2) is 12.7 Å². The Labute approximate surface area is 143 Å². The summed E-state index contributed by atoms with van der Waals surface area (Å²) >= 11 is 0. The van der Waals surface area contributed by atoms with E-state index in [2.05, 4.69) is 19.5 Å². The summed E-state index contributed by atoms with van der Waals surface area (Å²) in [6, 6.07) is 0. The number of imidazole rings is 1. The molecule has 0 spiro atoms. The number of rotatable bonds is 6. The number of phosphoric ester groups is 1. The summed E-state index contributed by atoms with van der Waals surface area (Å²) in [5, 5.41) is 0. The highest BCUT2D eigenvalue weighted by atomic mass is 31.2. The molecular weight excluding hydrogens is 353 g/mol. The van der Waals surface area contributed by atoms with Gasteiger partial charge < -0.3 is 20.1 Å². The van der Waals surface area contributed by atoms with Crippen LogP contribution in [0.1, 0.15) is 19.6 Å². The molecule has 0 radical (unpaired) electrons.